The van der Waals surface area contributed by atoms with E-state index in [0.717, 1.165) is 31.5 Å². The van der Waals surface area contributed by atoms with E-state index < -0.39 is 17.4 Å². The van der Waals surface area contributed by atoms with E-state index in [1.807, 2.05) is 18.2 Å². The van der Waals surface area contributed by atoms with Gasteiger partial charge in [-0.3, -0.25) is 9.80 Å². The molecule has 2 unspecified atom stereocenters. The van der Waals surface area contributed by atoms with E-state index in [0.29, 0.717) is 17.2 Å². The van der Waals surface area contributed by atoms with Crippen LogP contribution in [0.25, 0.3) is 11.2 Å². The molecule has 0 spiro atoms. The standard InChI is InChI=1S/C17H18F2NO2P.C17H17NO3/c1-10-3-4-16(5-6-20(2)14(16)7-10)11-8-12(18)15-13(9-11)21-17(19,23)22-15;1-11-5-6-17(7-8-18(2)15(17)9-11)12-3-4-13-14(10-12)21-16(19)20-13/h3-4,7-9,14H,5-6,23H2,1-2H3;3-6,9-10,15H,7-8H2,1-2H3/t14-,16-,17?;15-,17-/m00/s1. The molecule has 3 aromatic rings. The van der Waals surface area contributed by atoms with Crippen molar-refractivity contribution in [2.45, 2.75) is 55.4 Å². The van der Waals surface area contributed by atoms with Gasteiger partial charge >= 0.3 is 11.6 Å². The third-order valence-electron chi connectivity index (χ3n) is 9.80. The van der Waals surface area contributed by atoms with Crippen LogP contribution < -0.4 is 15.3 Å². The smallest absolute Gasteiger partial charge is 0.420 e. The van der Waals surface area contributed by atoms with Gasteiger partial charge in [0.15, 0.2) is 22.7 Å². The number of ether oxygens (including phenoxy) is 2. The Bertz CT molecular complexity index is 1840. The van der Waals surface area contributed by atoms with Gasteiger partial charge < -0.3 is 18.3 Å². The molecule has 2 aromatic carbocycles. The van der Waals surface area contributed by atoms with E-state index >= 15 is 0 Å². The maximum absolute atomic E-state index is 14.4. The molecule has 230 valence electrons. The lowest BCUT2D eigenvalue weighted by molar-refractivity contribution is -0.105. The van der Waals surface area contributed by atoms with Crippen LogP contribution in [0.1, 0.15) is 37.8 Å². The molecule has 3 aliphatic heterocycles. The van der Waals surface area contributed by atoms with Crippen LogP contribution in [-0.2, 0) is 10.8 Å². The number of alkyl halides is 1. The molecule has 10 heteroatoms. The number of nitrogens with zero attached hydrogens (tertiary/aromatic N) is 2. The van der Waals surface area contributed by atoms with Gasteiger partial charge in [-0.25, -0.2) is 9.18 Å². The number of likely N-dealkylation sites (tertiary alicyclic amines) is 2. The molecule has 0 bridgehead atoms. The van der Waals surface area contributed by atoms with Crippen molar-refractivity contribution in [3.8, 4) is 11.5 Å². The lowest BCUT2D eigenvalue weighted by Gasteiger charge is -2.36. The van der Waals surface area contributed by atoms with E-state index in [4.69, 9.17) is 18.3 Å². The highest BCUT2D eigenvalue weighted by Crippen LogP contribution is 2.51. The van der Waals surface area contributed by atoms with Gasteiger partial charge in [0.2, 0.25) is 5.75 Å². The highest BCUT2D eigenvalue weighted by molar-refractivity contribution is 7.18. The van der Waals surface area contributed by atoms with Crippen molar-refractivity contribution < 1.29 is 27.1 Å². The highest BCUT2D eigenvalue weighted by Gasteiger charge is 2.48. The van der Waals surface area contributed by atoms with Gasteiger partial charge in [-0.05, 0) is 98.5 Å². The zero-order chi connectivity index (χ0) is 31.0. The van der Waals surface area contributed by atoms with E-state index in [1.54, 1.807) is 15.3 Å². The molecule has 0 amide bonds. The number of halogens is 2. The summed E-state index contributed by atoms with van der Waals surface area (Å²) in [5.41, 5.74) is 5.11. The Balaban J connectivity index is 0.000000143. The summed E-state index contributed by atoms with van der Waals surface area (Å²) in [5, 5.41) is 0. The predicted molar refractivity (Wildman–Crippen MR) is 167 cm³/mol. The molecule has 1 aromatic heterocycles. The van der Waals surface area contributed by atoms with Gasteiger partial charge in [-0.1, -0.05) is 53.7 Å². The van der Waals surface area contributed by atoms with Crippen molar-refractivity contribution in [2.24, 2.45) is 0 Å². The molecule has 0 N–H and O–H groups in total. The quantitative estimate of drug-likeness (QED) is 0.309. The summed E-state index contributed by atoms with van der Waals surface area (Å²) in [6.45, 7) is 6.14. The number of hydrogen-bond donors (Lipinski definition) is 0. The predicted octanol–water partition coefficient (Wildman–Crippen LogP) is 6.35. The fraction of sp³-hybridized carbons (Fsp3) is 0.382. The molecule has 2 saturated heterocycles. The van der Waals surface area contributed by atoms with Crippen LogP contribution in [0, 0.1) is 5.82 Å². The number of rotatable bonds is 2. The molecule has 7 nitrogen and oxygen atoms in total. The van der Waals surface area contributed by atoms with Crippen LogP contribution in [0.2, 0.25) is 0 Å². The Hall–Kier alpha value is -3.52. The summed E-state index contributed by atoms with van der Waals surface area (Å²) in [7, 11) is 6.02. The third-order valence-corrected chi connectivity index (χ3v) is 10.0. The summed E-state index contributed by atoms with van der Waals surface area (Å²) in [6.07, 6.45) is 15.1. The molecule has 44 heavy (non-hydrogen) atoms. The maximum Gasteiger partial charge on any atom is 0.519 e. The lowest BCUT2D eigenvalue weighted by Crippen LogP contribution is -2.40. The Morgan fingerprint density at radius 1 is 0.841 bits per heavy atom. The van der Waals surface area contributed by atoms with Crippen molar-refractivity contribution in [1.29, 1.82) is 0 Å². The average molecular weight is 621 g/mol. The average Bonchev–Trinajstić information content (AvgIpc) is 3.71. The van der Waals surface area contributed by atoms with Crippen LogP contribution in [0.5, 0.6) is 11.5 Å². The first kappa shape index (κ1) is 29.2. The minimum absolute atomic E-state index is 0.0434. The van der Waals surface area contributed by atoms with Gasteiger partial charge in [0.25, 0.3) is 0 Å². The van der Waals surface area contributed by atoms with E-state index in [2.05, 4.69) is 74.2 Å². The van der Waals surface area contributed by atoms with E-state index in [1.165, 1.54) is 22.8 Å². The fourth-order valence-corrected chi connectivity index (χ4v) is 7.72. The van der Waals surface area contributed by atoms with Gasteiger partial charge in [-0.15, -0.1) is 0 Å². The molecule has 4 heterocycles. The molecular formula is C34H35F2N2O5P. The molecule has 5 aliphatic rings. The first-order chi connectivity index (χ1) is 20.9. The summed E-state index contributed by atoms with van der Waals surface area (Å²) < 4.78 is 48.4. The summed E-state index contributed by atoms with van der Waals surface area (Å²) in [4.78, 5) is 15.9. The molecule has 2 aliphatic carbocycles. The van der Waals surface area contributed by atoms with Crippen LogP contribution in [0.15, 0.2) is 91.6 Å². The van der Waals surface area contributed by atoms with Crippen LogP contribution >= 0.6 is 9.24 Å². The Morgan fingerprint density at radius 2 is 1.43 bits per heavy atom. The topological polar surface area (TPSA) is 68.3 Å². The fourth-order valence-electron chi connectivity index (χ4n) is 7.47. The zero-order valence-corrected chi connectivity index (χ0v) is 26.3. The SMILES string of the molecule is CC1=C[C@@H]2N(C)CC[C@]2(c2cc(F)c3c(c2)OC(F)(P)O3)C=C1.CC1=C[C@@H]2N(C)CC[C@]2(c2ccc3oc(=O)oc3c2)C=C1. The molecule has 0 saturated carbocycles. The maximum atomic E-state index is 14.4. The van der Waals surface area contributed by atoms with E-state index in [-0.39, 0.29) is 28.4 Å². The van der Waals surface area contributed by atoms with Gasteiger partial charge in [0, 0.05) is 22.9 Å². The monoisotopic (exact) mass is 620 g/mol. The minimum Gasteiger partial charge on any atom is -0.420 e. The molecule has 8 rings (SSSR count). The highest BCUT2D eigenvalue weighted by atomic mass is 31.0. The zero-order valence-electron chi connectivity index (χ0n) is 25.1. The van der Waals surface area contributed by atoms with Crippen molar-refractivity contribution in [2.75, 3.05) is 27.2 Å². The minimum atomic E-state index is -2.40. The summed E-state index contributed by atoms with van der Waals surface area (Å²) in [6, 6.07) is 9.47. The van der Waals surface area contributed by atoms with Crippen LogP contribution in [-0.4, -0.2) is 54.9 Å². The second-order valence-corrected chi connectivity index (χ2v) is 13.3. The Kier molecular flexibility index (Phi) is 6.81. The summed E-state index contributed by atoms with van der Waals surface area (Å²) in [5.74, 6) is -3.70. The third kappa shape index (κ3) is 4.68. The number of hydrogen-bond acceptors (Lipinski definition) is 7. The number of fused-ring (bicyclic) bond motifs is 4. The Labute approximate surface area is 256 Å². The normalized spacial score (nSPS) is 32.2. The van der Waals surface area contributed by atoms with Gasteiger partial charge in [-0.2, -0.15) is 4.39 Å². The second kappa shape index (κ2) is 10.3. The second-order valence-electron chi connectivity index (χ2n) is 12.6. The lowest BCUT2D eigenvalue weighted by atomic mass is 9.71. The van der Waals surface area contributed by atoms with Crippen molar-refractivity contribution in [3.63, 3.8) is 0 Å². The van der Waals surface area contributed by atoms with E-state index in [9.17, 15) is 13.6 Å². The van der Waals surface area contributed by atoms with Crippen LogP contribution in [0.3, 0.4) is 0 Å². The molecule has 0 radical (unpaired) electrons. The number of allylic oxidation sites excluding steroid dienone is 4. The van der Waals surface area contributed by atoms with Crippen molar-refractivity contribution in [3.05, 3.63) is 105 Å². The van der Waals surface area contributed by atoms with Crippen molar-refractivity contribution in [1.82, 2.24) is 9.80 Å². The summed E-state index contributed by atoms with van der Waals surface area (Å²) >= 11 is 0. The molecule has 2 fully saturated rings. The first-order valence-corrected chi connectivity index (χ1v) is 15.4. The molecular weight excluding hydrogens is 585 g/mol. The van der Waals surface area contributed by atoms with Crippen LogP contribution in [0.4, 0.5) is 8.78 Å². The van der Waals surface area contributed by atoms with Crippen molar-refractivity contribution >= 4 is 20.4 Å². The Morgan fingerprint density at radius 3 is 2.07 bits per heavy atom. The van der Waals surface area contributed by atoms with Gasteiger partial charge in [0.1, 0.15) is 0 Å². The number of likely N-dealkylation sites (N-methyl/N-ethyl adjacent to an activating group) is 2. The van der Waals surface area contributed by atoms with Gasteiger partial charge in [0.05, 0.1) is 0 Å². The number of benzene rings is 2. The largest absolute Gasteiger partial charge is 0.519 e. The molecule has 6 atom stereocenters. The first-order valence-electron chi connectivity index (χ1n) is 14.8.